The molecule has 2 aliphatic rings. The number of carbonyl (C=O) groups is 1. The van der Waals surface area contributed by atoms with Crippen LogP contribution in [0.3, 0.4) is 0 Å². The number of hydrogen-bond acceptors (Lipinski definition) is 5. The Hall–Kier alpha value is -2.12. The van der Waals surface area contributed by atoms with E-state index in [0.29, 0.717) is 24.8 Å². The van der Waals surface area contributed by atoms with E-state index in [2.05, 4.69) is 10.00 Å². The minimum absolute atomic E-state index is 0.0317. The first-order chi connectivity index (χ1) is 11.7. The lowest BCUT2D eigenvalue weighted by atomic mass is 10.1. The molecule has 0 radical (unpaired) electrons. The SMILES string of the molecule is Cn1nccc1C(=O)N1C[C@H]2CN(Cc3ccco3)CCO[C@H]2C1. The fourth-order valence-corrected chi connectivity index (χ4v) is 3.64. The maximum atomic E-state index is 12.7. The van der Waals surface area contributed by atoms with Crippen LogP contribution in [0.4, 0.5) is 0 Å². The van der Waals surface area contributed by atoms with Gasteiger partial charge in [-0.25, -0.2) is 0 Å². The maximum Gasteiger partial charge on any atom is 0.272 e. The lowest BCUT2D eigenvalue weighted by Crippen LogP contribution is -2.34. The molecule has 0 aromatic carbocycles. The van der Waals surface area contributed by atoms with Crippen LogP contribution in [0.25, 0.3) is 0 Å². The third kappa shape index (κ3) is 2.97. The molecule has 0 bridgehead atoms. The van der Waals surface area contributed by atoms with Gasteiger partial charge in [-0.2, -0.15) is 5.10 Å². The molecular formula is C17H22N4O3. The molecule has 2 atom stereocenters. The Bertz CT molecular complexity index is 697. The van der Waals surface area contributed by atoms with Crippen molar-refractivity contribution in [3.8, 4) is 0 Å². The number of hydrogen-bond donors (Lipinski definition) is 0. The van der Waals surface area contributed by atoms with E-state index in [1.165, 1.54) is 0 Å². The molecule has 2 aromatic rings. The van der Waals surface area contributed by atoms with Crippen molar-refractivity contribution in [2.45, 2.75) is 12.6 Å². The van der Waals surface area contributed by atoms with Gasteiger partial charge in [0.25, 0.3) is 5.91 Å². The average Bonchev–Trinajstić information content (AvgIpc) is 3.28. The number of amides is 1. The van der Waals surface area contributed by atoms with Gasteiger partial charge < -0.3 is 14.1 Å². The normalized spacial score (nSPS) is 24.8. The van der Waals surface area contributed by atoms with Crippen molar-refractivity contribution in [3.63, 3.8) is 0 Å². The lowest BCUT2D eigenvalue weighted by molar-refractivity contribution is 0.0480. The van der Waals surface area contributed by atoms with Crippen LogP contribution in [0.1, 0.15) is 16.2 Å². The number of rotatable bonds is 3. The van der Waals surface area contributed by atoms with E-state index in [9.17, 15) is 4.79 Å². The molecule has 0 aliphatic carbocycles. The van der Waals surface area contributed by atoms with Gasteiger partial charge in [0.05, 0.1) is 25.5 Å². The van der Waals surface area contributed by atoms with E-state index in [4.69, 9.17) is 9.15 Å². The molecule has 128 valence electrons. The Morgan fingerprint density at radius 3 is 3.00 bits per heavy atom. The Morgan fingerprint density at radius 1 is 1.33 bits per heavy atom. The molecule has 0 saturated carbocycles. The van der Waals surface area contributed by atoms with E-state index in [1.54, 1.807) is 30.3 Å². The summed E-state index contributed by atoms with van der Waals surface area (Å²) in [5, 5.41) is 4.09. The summed E-state index contributed by atoms with van der Waals surface area (Å²) in [5.74, 6) is 1.33. The average molecular weight is 330 g/mol. The second-order valence-corrected chi connectivity index (χ2v) is 6.53. The molecule has 7 nitrogen and oxygen atoms in total. The molecule has 2 fully saturated rings. The highest BCUT2D eigenvalue weighted by Gasteiger charge is 2.39. The summed E-state index contributed by atoms with van der Waals surface area (Å²) in [5.41, 5.74) is 0.624. The van der Waals surface area contributed by atoms with E-state index in [0.717, 1.165) is 31.9 Å². The van der Waals surface area contributed by atoms with Crippen LogP contribution in [0, 0.1) is 5.92 Å². The van der Waals surface area contributed by atoms with Crippen molar-refractivity contribution in [2.24, 2.45) is 13.0 Å². The smallest absolute Gasteiger partial charge is 0.272 e. The van der Waals surface area contributed by atoms with Crippen molar-refractivity contribution in [2.75, 3.05) is 32.8 Å². The lowest BCUT2D eigenvalue weighted by Gasteiger charge is -2.22. The second kappa shape index (κ2) is 6.41. The van der Waals surface area contributed by atoms with Crippen molar-refractivity contribution < 1.29 is 13.9 Å². The standard InChI is InChI=1S/C17H22N4O3/c1-19-15(4-5-18-19)17(22)21-10-13-9-20(6-8-24-16(13)12-21)11-14-3-2-7-23-14/h2-5,7,13,16H,6,8-12H2,1H3/t13-,16+/m1/s1. The zero-order valence-electron chi connectivity index (χ0n) is 13.8. The van der Waals surface area contributed by atoms with Crippen LogP contribution in [0.2, 0.25) is 0 Å². The first kappa shape index (κ1) is 15.4. The van der Waals surface area contributed by atoms with Gasteiger partial charge in [-0.1, -0.05) is 0 Å². The van der Waals surface area contributed by atoms with Crippen molar-refractivity contribution in [3.05, 3.63) is 42.1 Å². The zero-order chi connectivity index (χ0) is 16.5. The number of nitrogens with zero attached hydrogens (tertiary/aromatic N) is 4. The van der Waals surface area contributed by atoms with Crippen LogP contribution in [-0.2, 0) is 18.3 Å². The minimum atomic E-state index is 0.0317. The Morgan fingerprint density at radius 2 is 2.25 bits per heavy atom. The summed E-state index contributed by atoms with van der Waals surface area (Å²) in [6.45, 7) is 4.67. The number of carbonyl (C=O) groups excluding carboxylic acids is 1. The quantitative estimate of drug-likeness (QED) is 0.840. The monoisotopic (exact) mass is 330 g/mol. The van der Waals surface area contributed by atoms with E-state index >= 15 is 0 Å². The number of aryl methyl sites for hydroxylation is 1. The predicted molar refractivity (Wildman–Crippen MR) is 86.3 cm³/mol. The highest BCUT2D eigenvalue weighted by molar-refractivity contribution is 5.92. The topological polar surface area (TPSA) is 63.7 Å². The third-order valence-corrected chi connectivity index (χ3v) is 4.90. The summed E-state index contributed by atoms with van der Waals surface area (Å²) in [4.78, 5) is 16.9. The fraction of sp³-hybridized carbons (Fsp3) is 0.529. The highest BCUT2D eigenvalue weighted by Crippen LogP contribution is 2.25. The number of furan rings is 1. The summed E-state index contributed by atoms with van der Waals surface area (Å²) in [6.07, 6.45) is 3.48. The summed E-state index contributed by atoms with van der Waals surface area (Å²) >= 11 is 0. The Labute approximate surface area is 140 Å². The first-order valence-corrected chi connectivity index (χ1v) is 8.34. The molecule has 0 spiro atoms. The molecule has 2 aromatic heterocycles. The summed E-state index contributed by atoms with van der Waals surface area (Å²) < 4.78 is 13.1. The highest BCUT2D eigenvalue weighted by atomic mass is 16.5. The van der Waals surface area contributed by atoms with Gasteiger partial charge in [0.2, 0.25) is 0 Å². The molecule has 4 heterocycles. The maximum absolute atomic E-state index is 12.7. The molecule has 1 amide bonds. The number of aromatic nitrogens is 2. The van der Waals surface area contributed by atoms with E-state index in [1.807, 2.05) is 17.0 Å². The molecular weight excluding hydrogens is 308 g/mol. The molecule has 2 saturated heterocycles. The van der Waals surface area contributed by atoms with Gasteiger partial charge in [0.15, 0.2) is 0 Å². The van der Waals surface area contributed by atoms with E-state index in [-0.39, 0.29) is 12.0 Å². The summed E-state index contributed by atoms with van der Waals surface area (Å²) in [7, 11) is 1.79. The number of fused-ring (bicyclic) bond motifs is 1. The van der Waals surface area contributed by atoms with Crippen molar-refractivity contribution >= 4 is 5.91 Å². The number of likely N-dealkylation sites (tertiary alicyclic amines) is 1. The van der Waals surface area contributed by atoms with Gasteiger partial charge in [-0.15, -0.1) is 0 Å². The molecule has 0 unspecified atom stereocenters. The predicted octanol–water partition coefficient (Wildman–Crippen LogP) is 0.986. The van der Waals surface area contributed by atoms with Crippen molar-refractivity contribution in [1.82, 2.24) is 19.6 Å². The van der Waals surface area contributed by atoms with Crippen LogP contribution in [0.5, 0.6) is 0 Å². The molecule has 7 heteroatoms. The van der Waals surface area contributed by atoms with E-state index < -0.39 is 0 Å². The Kier molecular flexibility index (Phi) is 4.12. The first-order valence-electron chi connectivity index (χ1n) is 8.34. The van der Waals surface area contributed by atoms with Crippen LogP contribution >= 0.6 is 0 Å². The number of ether oxygens (including phenoxy) is 1. The van der Waals surface area contributed by atoms with Gasteiger partial charge >= 0.3 is 0 Å². The molecule has 0 N–H and O–H groups in total. The molecule has 24 heavy (non-hydrogen) atoms. The molecule has 2 aliphatic heterocycles. The minimum Gasteiger partial charge on any atom is -0.468 e. The second-order valence-electron chi connectivity index (χ2n) is 6.53. The van der Waals surface area contributed by atoms with Crippen LogP contribution in [-0.4, -0.2) is 64.4 Å². The van der Waals surface area contributed by atoms with Gasteiger partial charge in [0, 0.05) is 45.3 Å². The van der Waals surface area contributed by atoms with Crippen LogP contribution < -0.4 is 0 Å². The van der Waals surface area contributed by atoms with Gasteiger partial charge in [-0.3, -0.25) is 14.4 Å². The summed E-state index contributed by atoms with van der Waals surface area (Å²) in [6, 6.07) is 5.67. The molecule has 4 rings (SSSR count). The fourth-order valence-electron chi connectivity index (χ4n) is 3.64. The van der Waals surface area contributed by atoms with Crippen LogP contribution in [0.15, 0.2) is 35.1 Å². The van der Waals surface area contributed by atoms with Crippen molar-refractivity contribution in [1.29, 1.82) is 0 Å². The van der Waals surface area contributed by atoms with Gasteiger partial charge in [0.1, 0.15) is 11.5 Å². The largest absolute Gasteiger partial charge is 0.468 e. The Balaban J connectivity index is 1.42. The third-order valence-electron chi connectivity index (χ3n) is 4.90. The van der Waals surface area contributed by atoms with Gasteiger partial charge in [-0.05, 0) is 18.2 Å². The zero-order valence-corrected chi connectivity index (χ0v) is 13.8.